The zero-order valence-electron chi connectivity index (χ0n) is 6.41. The second-order valence-electron chi connectivity index (χ2n) is 2.61. The maximum atomic E-state index is 10.7. The van der Waals surface area contributed by atoms with Gasteiger partial charge in [-0.05, 0) is 0 Å². The van der Waals surface area contributed by atoms with Crippen molar-refractivity contribution < 1.29 is 19.1 Å². The Morgan fingerprint density at radius 2 is 2.50 bits per heavy atom. The van der Waals surface area contributed by atoms with Gasteiger partial charge in [-0.3, -0.25) is 14.4 Å². The molecule has 1 saturated heterocycles. The Morgan fingerprint density at radius 3 is 3.00 bits per heavy atom. The highest BCUT2D eigenvalue weighted by Gasteiger charge is 2.23. The average Bonchev–Trinajstić information content (AvgIpc) is 2.36. The van der Waals surface area contributed by atoms with E-state index in [9.17, 15) is 14.4 Å². The van der Waals surface area contributed by atoms with Crippen molar-refractivity contribution >= 4 is 18.2 Å². The fourth-order valence-electron chi connectivity index (χ4n) is 1.12. The summed E-state index contributed by atoms with van der Waals surface area (Å²) in [5, 5.41) is 2.83. The Kier molecular flexibility index (Phi) is 2.93. The van der Waals surface area contributed by atoms with Crippen molar-refractivity contribution in [3.8, 4) is 0 Å². The lowest BCUT2D eigenvalue weighted by Gasteiger charge is -2.04. The Bertz CT molecular complexity index is 213. The van der Waals surface area contributed by atoms with Crippen LogP contribution < -0.4 is 5.32 Å². The first-order chi connectivity index (χ1) is 5.72. The van der Waals surface area contributed by atoms with E-state index >= 15 is 0 Å². The Hall–Kier alpha value is -1.23. The number of hydrogen-bond acceptors (Lipinski definition) is 5. The normalized spacial score (nSPS) is 22.3. The molecule has 0 amide bonds. The van der Waals surface area contributed by atoms with E-state index in [1.807, 2.05) is 0 Å². The highest BCUT2D eigenvalue weighted by Crippen LogP contribution is 2.06. The van der Waals surface area contributed by atoms with Gasteiger partial charge in [0.2, 0.25) is 0 Å². The van der Waals surface area contributed by atoms with Crippen LogP contribution >= 0.6 is 0 Å². The maximum absolute atomic E-state index is 10.7. The summed E-state index contributed by atoms with van der Waals surface area (Å²) in [6.07, 6.45) is 0.415. The van der Waals surface area contributed by atoms with Crippen LogP contribution in [0.2, 0.25) is 0 Å². The van der Waals surface area contributed by atoms with Crippen LogP contribution in [0.4, 0.5) is 0 Å². The van der Waals surface area contributed by atoms with Crippen LogP contribution in [0, 0.1) is 0 Å². The van der Waals surface area contributed by atoms with Crippen molar-refractivity contribution in [1.82, 2.24) is 5.32 Å². The molecule has 5 heteroatoms. The van der Waals surface area contributed by atoms with E-state index in [0.717, 1.165) is 0 Å². The first-order valence-electron chi connectivity index (χ1n) is 3.60. The van der Waals surface area contributed by atoms with Crippen LogP contribution in [0.5, 0.6) is 0 Å². The Morgan fingerprint density at radius 1 is 1.75 bits per heavy atom. The third-order valence-corrected chi connectivity index (χ3v) is 1.65. The highest BCUT2D eigenvalue weighted by atomic mass is 16.6. The summed E-state index contributed by atoms with van der Waals surface area (Å²) in [6, 6.07) is -0.162. The van der Waals surface area contributed by atoms with Crippen LogP contribution in [-0.4, -0.2) is 30.8 Å². The molecule has 0 unspecified atom stereocenters. The van der Waals surface area contributed by atoms with Crippen molar-refractivity contribution in [1.29, 1.82) is 0 Å². The number of carbonyl (C=O) groups excluding carboxylic acids is 3. The van der Waals surface area contributed by atoms with Crippen LogP contribution in [0.15, 0.2) is 0 Å². The molecule has 1 N–H and O–H groups in total. The van der Waals surface area contributed by atoms with Gasteiger partial charge in [0.05, 0.1) is 13.0 Å². The monoisotopic (exact) mass is 171 g/mol. The van der Waals surface area contributed by atoms with Crippen molar-refractivity contribution in [2.24, 2.45) is 0 Å². The van der Waals surface area contributed by atoms with Gasteiger partial charge in [-0.2, -0.15) is 0 Å². The fourth-order valence-corrected chi connectivity index (χ4v) is 1.12. The van der Waals surface area contributed by atoms with Crippen molar-refractivity contribution in [2.45, 2.75) is 18.9 Å². The van der Waals surface area contributed by atoms with E-state index < -0.39 is 5.97 Å². The molecule has 1 fully saturated rings. The number of carbonyl (C=O) groups is 3. The first kappa shape index (κ1) is 8.86. The molecule has 0 aliphatic carbocycles. The van der Waals surface area contributed by atoms with Crippen LogP contribution in [-0.2, 0) is 19.1 Å². The summed E-state index contributed by atoms with van der Waals surface area (Å²) in [6.45, 7) is 0.401. The van der Waals surface area contributed by atoms with E-state index in [0.29, 0.717) is 13.0 Å². The Labute approximate surface area is 69.1 Å². The van der Waals surface area contributed by atoms with Crippen LogP contribution in [0.1, 0.15) is 12.8 Å². The smallest absolute Gasteiger partial charge is 0.314 e. The molecule has 5 nitrogen and oxygen atoms in total. The van der Waals surface area contributed by atoms with Gasteiger partial charge in [-0.15, -0.1) is 0 Å². The molecule has 0 aromatic rings. The molecule has 0 radical (unpaired) electrons. The molecular formula is C7H9NO4. The van der Waals surface area contributed by atoms with Gasteiger partial charge in [0.25, 0.3) is 0 Å². The molecule has 0 bridgehead atoms. The summed E-state index contributed by atoms with van der Waals surface area (Å²) in [5.74, 6) is -0.517. The fraction of sp³-hybridized carbons (Fsp3) is 0.571. The van der Waals surface area contributed by atoms with Gasteiger partial charge in [0.1, 0.15) is 5.78 Å². The lowest BCUT2D eigenvalue weighted by atomic mass is 10.1. The number of ether oxygens (including phenoxy) is 1. The number of ketones is 1. The predicted octanol–water partition coefficient (Wildman–Crippen LogP) is -0.993. The molecule has 12 heavy (non-hydrogen) atoms. The van der Waals surface area contributed by atoms with Gasteiger partial charge < -0.3 is 10.1 Å². The van der Waals surface area contributed by atoms with E-state index in [2.05, 4.69) is 10.1 Å². The number of esters is 1. The molecule has 0 saturated carbocycles. The molecule has 1 aliphatic rings. The van der Waals surface area contributed by atoms with Gasteiger partial charge in [-0.25, -0.2) is 0 Å². The SMILES string of the molecule is O=COC(=O)C[C@@H]1CC(=O)CN1. The Balaban J connectivity index is 2.27. The molecule has 0 aromatic heterocycles. The van der Waals surface area contributed by atoms with E-state index in [1.54, 1.807) is 0 Å². The third kappa shape index (κ3) is 2.43. The largest absolute Gasteiger partial charge is 0.395 e. The summed E-state index contributed by atoms with van der Waals surface area (Å²) >= 11 is 0. The molecule has 1 atom stereocenters. The minimum absolute atomic E-state index is 0.0739. The van der Waals surface area contributed by atoms with E-state index in [1.165, 1.54) is 0 Å². The predicted molar refractivity (Wildman–Crippen MR) is 38.2 cm³/mol. The molecule has 1 heterocycles. The number of nitrogens with one attached hydrogen (secondary N) is 1. The molecule has 0 aromatic carbocycles. The molecular weight excluding hydrogens is 162 g/mol. The summed E-state index contributed by atoms with van der Waals surface area (Å²) in [7, 11) is 0. The maximum Gasteiger partial charge on any atom is 0.314 e. The van der Waals surface area contributed by atoms with Gasteiger partial charge >= 0.3 is 12.4 Å². The first-order valence-corrected chi connectivity index (χ1v) is 3.60. The van der Waals surface area contributed by atoms with Crippen molar-refractivity contribution in [3.05, 3.63) is 0 Å². The molecule has 0 spiro atoms. The van der Waals surface area contributed by atoms with Crippen molar-refractivity contribution in [3.63, 3.8) is 0 Å². The topological polar surface area (TPSA) is 72.5 Å². The van der Waals surface area contributed by atoms with Crippen LogP contribution in [0.3, 0.4) is 0 Å². The third-order valence-electron chi connectivity index (χ3n) is 1.65. The second-order valence-corrected chi connectivity index (χ2v) is 2.61. The zero-order chi connectivity index (χ0) is 8.97. The molecule has 66 valence electrons. The zero-order valence-corrected chi connectivity index (χ0v) is 6.41. The average molecular weight is 171 g/mol. The minimum Gasteiger partial charge on any atom is -0.395 e. The highest BCUT2D eigenvalue weighted by molar-refractivity contribution is 5.85. The number of hydrogen-bond donors (Lipinski definition) is 1. The van der Waals surface area contributed by atoms with Gasteiger partial charge in [0.15, 0.2) is 0 Å². The molecule has 1 rings (SSSR count). The number of rotatable bonds is 3. The lowest BCUT2D eigenvalue weighted by Crippen LogP contribution is -2.25. The second kappa shape index (κ2) is 3.96. The summed E-state index contributed by atoms with van der Waals surface area (Å²) in [4.78, 5) is 31.1. The quantitative estimate of drug-likeness (QED) is 0.335. The van der Waals surface area contributed by atoms with E-state index in [4.69, 9.17) is 0 Å². The van der Waals surface area contributed by atoms with Crippen molar-refractivity contribution in [2.75, 3.05) is 6.54 Å². The van der Waals surface area contributed by atoms with Gasteiger partial charge in [-0.1, -0.05) is 0 Å². The van der Waals surface area contributed by atoms with Crippen LogP contribution in [0.25, 0.3) is 0 Å². The summed E-state index contributed by atoms with van der Waals surface area (Å²) < 4.78 is 4.07. The van der Waals surface area contributed by atoms with E-state index in [-0.39, 0.29) is 24.7 Å². The minimum atomic E-state index is -0.600. The number of Topliss-reactive ketones (excluding diaryl/α,β-unsaturated/α-hetero) is 1. The molecule has 1 aliphatic heterocycles. The standard InChI is InChI=1S/C7H9NO4/c9-4-12-7(11)2-5-1-6(10)3-8-5/h4-5,8H,1-3H2/t5-/m0/s1. The lowest BCUT2D eigenvalue weighted by molar-refractivity contribution is -0.151. The van der Waals surface area contributed by atoms with Gasteiger partial charge in [0, 0.05) is 12.5 Å². The summed E-state index contributed by atoms with van der Waals surface area (Å²) in [5.41, 5.74) is 0.